The third kappa shape index (κ3) is 3.75. The molecule has 0 aromatic carbocycles. The second kappa shape index (κ2) is 6.79. The molecule has 0 aliphatic heterocycles. The van der Waals surface area contributed by atoms with E-state index in [0.717, 1.165) is 4.90 Å². The van der Waals surface area contributed by atoms with Gasteiger partial charge in [-0.1, -0.05) is 0 Å². The molecule has 0 atom stereocenters. The fourth-order valence-corrected chi connectivity index (χ4v) is 2.18. The molecule has 110 valence electrons. The zero-order valence-corrected chi connectivity index (χ0v) is 12.1. The molecule has 1 amide bonds. The van der Waals surface area contributed by atoms with Gasteiger partial charge in [-0.05, 0) is 34.3 Å². The van der Waals surface area contributed by atoms with Gasteiger partial charge in [-0.3, -0.25) is 14.6 Å². The van der Waals surface area contributed by atoms with Crippen LogP contribution in [0.1, 0.15) is 10.5 Å². The first-order chi connectivity index (χ1) is 10.1. The third-order valence-electron chi connectivity index (χ3n) is 2.41. The summed E-state index contributed by atoms with van der Waals surface area (Å²) in [6, 6.07) is 3.33. The van der Waals surface area contributed by atoms with E-state index in [4.69, 9.17) is 0 Å². The molecule has 2 aromatic rings. The number of methoxy groups -OCH3 is 1. The van der Waals surface area contributed by atoms with Gasteiger partial charge >= 0.3 is 5.97 Å². The van der Waals surface area contributed by atoms with E-state index in [0.29, 0.717) is 5.16 Å². The number of nitrogens with zero attached hydrogens (tertiary/aromatic N) is 5. The van der Waals surface area contributed by atoms with E-state index in [1.807, 2.05) is 0 Å². The number of ether oxygens (including phenoxy) is 1. The third-order valence-corrected chi connectivity index (χ3v) is 3.37. The molecule has 2 heterocycles. The normalized spacial score (nSPS) is 10.2. The lowest BCUT2D eigenvalue weighted by molar-refractivity contribution is -0.141. The quantitative estimate of drug-likeness (QED) is 0.753. The summed E-state index contributed by atoms with van der Waals surface area (Å²) in [5, 5.41) is 14.0. The van der Waals surface area contributed by atoms with Crippen molar-refractivity contribution in [1.29, 1.82) is 0 Å². The summed E-state index contributed by atoms with van der Waals surface area (Å²) in [5.41, 5.74) is 0.287. The number of nitrogens with one attached hydrogen (secondary N) is 1. The topological polar surface area (TPSA) is 112 Å². The van der Waals surface area contributed by atoms with Gasteiger partial charge in [0.05, 0.1) is 7.11 Å². The highest BCUT2D eigenvalue weighted by atomic mass is 32.2. The molecule has 10 heteroatoms. The molecule has 0 radical (unpaired) electrons. The number of pyridine rings is 1. The molecule has 0 fully saturated rings. The van der Waals surface area contributed by atoms with Crippen LogP contribution in [-0.2, 0) is 16.1 Å². The van der Waals surface area contributed by atoms with Crippen molar-refractivity contribution in [2.75, 3.05) is 14.2 Å². The molecule has 0 aliphatic rings. The number of hydrogen-bond donors (Lipinski definition) is 1. The summed E-state index contributed by atoms with van der Waals surface area (Å²) in [6.45, 7) is -0.0841. The number of carbonyl (C=O) groups excluding carboxylic acids is 2. The number of aromatic nitrogens is 5. The minimum absolute atomic E-state index is 0.0841. The van der Waals surface area contributed by atoms with Crippen LogP contribution in [0, 0.1) is 0 Å². The summed E-state index contributed by atoms with van der Waals surface area (Å²) in [5.74, 6) is -0.739. The first-order valence-electron chi connectivity index (χ1n) is 5.83. The summed E-state index contributed by atoms with van der Waals surface area (Å²) < 4.78 is 5.88. The molecule has 0 unspecified atom stereocenters. The van der Waals surface area contributed by atoms with Crippen molar-refractivity contribution in [1.82, 2.24) is 30.5 Å². The van der Waals surface area contributed by atoms with Crippen LogP contribution in [0.25, 0.3) is 0 Å². The first-order valence-corrected chi connectivity index (χ1v) is 6.64. The Balaban J connectivity index is 2.17. The molecule has 0 aliphatic carbocycles. The lowest BCUT2D eigenvalue weighted by atomic mass is 10.3. The Morgan fingerprint density at radius 1 is 1.48 bits per heavy atom. The van der Waals surface area contributed by atoms with Gasteiger partial charge in [0.1, 0.15) is 12.2 Å². The molecule has 0 saturated heterocycles. The molecule has 0 bridgehead atoms. The Bertz CT molecular complexity index is 659. The van der Waals surface area contributed by atoms with E-state index in [1.165, 1.54) is 36.8 Å². The van der Waals surface area contributed by atoms with Crippen molar-refractivity contribution in [3.8, 4) is 0 Å². The van der Waals surface area contributed by atoms with Crippen LogP contribution in [0.4, 0.5) is 0 Å². The molecule has 21 heavy (non-hydrogen) atoms. The molecular formula is C11H12N6O3S. The van der Waals surface area contributed by atoms with E-state index in [2.05, 4.69) is 30.6 Å². The van der Waals surface area contributed by atoms with Gasteiger partial charge < -0.3 is 10.1 Å². The second-order valence-corrected chi connectivity index (χ2v) is 4.79. The van der Waals surface area contributed by atoms with Gasteiger partial charge in [-0.15, -0.1) is 5.10 Å². The molecule has 0 saturated carbocycles. The van der Waals surface area contributed by atoms with E-state index in [1.54, 1.807) is 12.1 Å². The van der Waals surface area contributed by atoms with Gasteiger partial charge in [-0.25, -0.2) is 4.68 Å². The SMILES string of the molecule is CNC(=O)c1cc(Sc2nnnn2CC(=O)OC)ccn1. The molecule has 1 N–H and O–H groups in total. The first kappa shape index (κ1) is 14.9. The maximum atomic E-state index is 11.5. The monoisotopic (exact) mass is 308 g/mol. The van der Waals surface area contributed by atoms with Crippen LogP contribution in [0.15, 0.2) is 28.4 Å². The van der Waals surface area contributed by atoms with Crippen LogP contribution in [0.5, 0.6) is 0 Å². The van der Waals surface area contributed by atoms with E-state index < -0.39 is 5.97 Å². The standard InChI is InChI=1S/C11H12N6O3S/c1-12-10(19)8-5-7(3-4-13-8)21-11-14-15-16-17(11)6-9(18)20-2/h3-5H,6H2,1-2H3,(H,12,19). The van der Waals surface area contributed by atoms with Crippen molar-refractivity contribution in [3.05, 3.63) is 24.0 Å². The number of amides is 1. The summed E-state index contributed by atoms with van der Waals surface area (Å²) >= 11 is 1.21. The zero-order valence-electron chi connectivity index (χ0n) is 11.3. The molecule has 2 aromatic heterocycles. The maximum absolute atomic E-state index is 11.5. The van der Waals surface area contributed by atoms with Crippen molar-refractivity contribution >= 4 is 23.6 Å². The van der Waals surface area contributed by atoms with Gasteiger partial charge in [0, 0.05) is 18.1 Å². The van der Waals surface area contributed by atoms with Crippen molar-refractivity contribution in [2.45, 2.75) is 16.6 Å². The predicted molar refractivity (Wildman–Crippen MR) is 71.6 cm³/mol. The number of esters is 1. The van der Waals surface area contributed by atoms with Crippen LogP contribution < -0.4 is 5.32 Å². The summed E-state index contributed by atoms with van der Waals surface area (Å²) in [6.07, 6.45) is 1.52. The Hall–Kier alpha value is -2.49. The Labute approximate surface area is 124 Å². The van der Waals surface area contributed by atoms with Crippen LogP contribution in [0.2, 0.25) is 0 Å². The number of rotatable bonds is 5. The average Bonchev–Trinajstić information content (AvgIpc) is 2.93. The van der Waals surface area contributed by atoms with Gasteiger partial charge in [0.2, 0.25) is 5.16 Å². The number of carbonyl (C=O) groups is 2. The van der Waals surface area contributed by atoms with E-state index >= 15 is 0 Å². The van der Waals surface area contributed by atoms with Crippen LogP contribution in [0.3, 0.4) is 0 Å². The highest BCUT2D eigenvalue weighted by Crippen LogP contribution is 2.25. The van der Waals surface area contributed by atoms with Crippen LogP contribution in [-0.4, -0.2) is 51.2 Å². The van der Waals surface area contributed by atoms with Crippen molar-refractivity contribution in [3.63, 3.8) is 0 Å². The number of tetrazole rings is 1. The van der Waals surface area contributed by atoms with Gasteiger partial charge in [0.15, 0.2) is 0 Å². The smallest absolute Gasteiger partial charge is 0.327 e. The fraction of sp³-hybridized carbons (Fsp3) is 0.273. The minimum Gasteiger partial charge on any atom is -0.468 e. The second-order valence-electron chi connectivity index (χ2n) is 3.75. The molecular weight excluding hydrogens is 296 g/mol. The molecule has 2 rings (SSSR count). The Kier molecular flexibility index (Phi) is 4.82. The van der Waals surface area contributed by atoms with E-state index in [-0.39, 0.29) is 18.1 Å². The predicted octanol–water partition coefficient (Wildman–Crippen LogP) is -0.248. The van der Waals surface area contributed by atoms with Gasteiger partial charge in [0.25, 0.3) is 5.91 Å². The lowest BCUT2D eigenvalue weighted by Gasteiger charge is -2.04. The van der Waals surface area contributed by atoms with Crippen molar-refractivity contribution in [2.24, 2.45) is 0 Å². The maximum Gasteiger partial charge on any atom is 0.327 e. The molecule has 0 spiro atoms. The fourth-order valence-electron chi connectivity index (χ4n) is 1.39. The Morgan fingerprint density at radius 3 is 3.00 bits per heavy atom. The zero-order chi connectivity index (χ0) is 15.2. The molecule has 9 nitrogen and oxygen atoms in total. The summed E-state index contributed by atoms with van der Waals surface area (Å²) in [7, 11) is 2.82. The number of hydrogen-bond acceptors (Lipinski definition) is 8. The summed E-state index contributed by atoms with van der Waals surface area (Å²) in [4.78, 5) is 27.5. The highest BCUT2D eigenvalue weighted by Gasteiger charge is 2.13. The van der Waals surface area contributed by atoms with Crippen LogP contribution >= 0.6 is 11.8 Å². The average molecular weight is 308 g/mol. The minimum atomic E-state index is -0.454. The Morgan fingerprint density at radius 2 is 2.29 bits per heavy atom. The van der Waals surface area contributed by atoms with Gasteiger partial charge in [-0.2, -0.15) is 0 Å². The van der Waals surface area contributed by atoms with Crippen molar-refractivity contribution < 1.29 is 14.3 Å². The lowest BCUT2D eigenvalue weighted by Crippen LogP contribution is -2.19. The van der Waals surface area contributed by atoms with E-state index in [9.17, 15) is 9.59 Å². The highest BCUT2D eigenvalue weighted by molar-refractivity contribution is 7.99. The largest absolute Gasteiger partial charge is 0.468 e.